The van der Waals surface area contributed by atoms with E-state index in [1.54, 1.807) is 13.2 Å². The average molecular weight is 464 g/mol. The van der Waals surface area contributed by atoms with E-state index in [-0.39, 0.29) is 11.9 Å². The Morgan fingerprint density at radius 3 is 2.62 bits per heavy atom. The molecule has 0 heterocycles. The minimum Gasteiger partial charge on any atom is -0.496 e. The van der Waals surface area contributed by atoms with Gasteiger partial charge in [0.2, 0.25) is 0 Å². The minimum atomic E-state index is -0.204. The summed E-state index contributed by atoms with van der Waals surface area (Å²) < 4.78 is 20.3. The number of benzene rings is 2. The van der Waals surface area contributed by atoms with Crippen molar-refractivity contribution in [1.29, 1.82) is 0 Å². The van der Waals surface area contributed by atoms with E-state index in [0.29, 0.717) is 0 Å². The molecule has 112 valence electrons. The molecule has 5 heteroatoms. The van der Waals surface area contributed by atoms with E-state index in [4.69, 9.17) is 4.74 Å². The maximum Gasteiger partial charge on any atom is 0.133 e. The summed E-state index contributed by atoms with van der Waals surface area (Å²) in [6.45, 7) is 0. The number of rotatable bonds is 5. The van der Waals surface area contributed by atoms with Crippen LogP contribution in [0, 0.1) is 9.39 Å². The molecule has 0 aliphatic carbocycles. The third-order valence-electron chi connectivity index (χ3n) is 3.34. The molecule has 0 saturated carbocycles. The molecule has 0 aliphatic rings. The number of hydrogen-bond donors (Lipinski definition) is 1. The molecular formula is C16H16BrFINO. The van der Waals surface area contributed by atoms with Gasteiger partial charge >= 0.3 is 0 Å². The van der Waals surface area contributed by atoms with Gasteiger partial charge < -0.3 is 10.1 Å². The third-order valence-corrected chi connectivity index (χ3v) is 4.90. The normalized spacial score (nSPS) is 12.2. The largest absolute Gasteiger partial charge is 0.496 e. The molecule has 21 heavy (non-hydrogen) atoms. The van der Waals surface area contributed by atoms with Gasteiger partial charge in [0.05, 0.1) is 11.6 Å². The molecule has 0 amide bonds. The first-order valence-electron chi connectivity index (χ1n) is 6.49. The standard InChI is InChI=1S/C16H16BrFINO/c1-20-15(12-5-4-11(18)9-14(12)19)8-10-3-6-16(21-2)13(17)7-10/h3-7,9,15,20H,8H2,1-2H3. The van der Waals surface area contributed by atoms with Crippen LogP contribution in [0.2, 0.25) is 0 Å². The molecule has 1 atom stereocenters. The van der Waals surface area contributed by atoms with Gasteiger partial charge in [-0.1, -0.05) is 12.1 Å². The lowest BCUT2D eigenvalue weighted by molar-refractivity contribution is 0.412. The maximum atomic E-state index is 13.2. The molecule has 0 radical (unpaired) electrons. The monoisotopic (exact) mass is 463 g/mol. The highest BCUT2D eigenvalue weighted by molar-refractivity contribution is 14.1. The molecule has 2 aromatic rings. The summed E-state index contributed by atoms with van der Waals surface area (Å²) in [5.41, 5.74) is 2.29. The van der Waals surface area contributed by atoms with E-state index >= 15 is 0 Å². The number of nitrogens with one attached hydrogen (secondary N) is 1. The van der Waals surface area contributed by atoms with E-state index in [0.717, 1.165) is 25.8 Å². The van der Waals surface area contributed by atoms with Gasteiger partial charge in [0.1, 0.15) is 11.6 Å². The predicted octanol–water partition coefficient (Wildman–Crippen LogP) is 4.70. The van der Waals surface area contributed by atoms with Crippen molar-refractivity contribution in [3.05, 3.63) is 61.4 Å². The molecule has 2 aromatic carbocycles. The Hall–Kier alpha value is -0.660. The fraction of sp³-hybridized carbons (Fsp3) is 0.250. The van der Waals surface area contributed by atoms with E-state index in [1.165, 1.54) is 11.6 Å². The van der Waals surface area contributed by atoms with Crippen molar-refractivity contribution in [2.75, 3.05) is 14.2 Å². The summed E-state index contributed by atoms with van der Waals surface area (Å²) in [7, 11) is 3.57. The third kappa shape index (κ3) is 4.17. The smallest absolute Gasteiger partial charge is 0.133 e. The quantitative estimate of drug-likeness (QED) is 0.648. The maximum absolute atomic E-state index is 13.2. The van der Waals surface area contributed by atoms with E-state index in [9.17, 15) is 4.39 Å². The van der Waals surface area contributed by atoms with Crippen LogP contribution in [0.3, 0.4) is 0 Å². The number of hydrogen-bond acceptors (Lipinski definition) is 2. The fourth-order valence-electron chi connectivity index (χ4n) is 2.22. The van der Waals surface area contributed by atoms with Crippen molar-refractivity contribution in [2.24, 2.45) is 0 Å². The second-order valence-corrected chi connectivity index (χ2v) is 6.70. The van der Waals surface area contributed by atoms with Crippen LogP contribution in [0.25, 0.3) is 0 Å². The number of halogens is 3. The van der Waals surface area contributed by atoms with Crippen LogP contribution in [0.1, 0.15) is 17.2 Å². The molecule has 0 saturated heterocycles. The van der Waals surface area contributed by atoms with Gasteiger partial charge in [-0.2, -0.15) is 0 Å². The first-order chi connectivity index (χ1) is 10.0. The summed E-state index contributed by atoms with van der Waals surface area (Å²) in [6.07, 6.45) is 0.820. The SMILES string of the molecule is CNC(Cc1ccc(OC)c(Br)c1)c1ccc(F)cc1I. The van der Waals surface area contributed by atoms with Gasteiger partial charge in [-0.05, 0) is 87.4 Å². The number of likely N-dealkylation sites (N-methyl/N-ethyl adjacent to an activating group) is 1. The summed E-state index contributed by atoms with van der Waals surface area (Å²) in [5, 5.41) is 3.30. The zero-order valence-electron chi connectivity index (χ0n) is 11.8. The Bertz CT molecular complexity index is 636. The first-order valence-corrected chi connectivity index (χ1v) is 8.37. The minimum absolute atomic E-state index is 0.137. The van der Waals surface area contributed by atoms with E-state index in [2.05, 4.69) is 49.9 Å². The van der Waals surface area contributed by atoms with Crippen LogP contribution >= 0.6 is 38.5 Å². The molecule has 2 rings (SSSR count). The molecular weight excluding hydrogens is 448 g/mol. The molecule has 0 bridgehead atoms. The van der Waals surface area contributed by atoms with Crippen LogP contribution in [0.4, 0.5) is 4.39 Å². The molecule has 1 N–H and O–H groups in total. The lowest BCUT2D eigenvalue weighted by Crippen LogP contribution is -2.20. The van der Waals surface area contributed by atoms with Crippen molar-refractivity contribution in [3.8, 4) is 5.75 Å². The highest BCUT2D eigenvalue weighted by atomic mass is 127. The van der Waals surface area contributed by atoms with Crippen molar-refractivity contribution in [1.82, 2.24) is 5.32 Å². The topological polar surface area (TPSA) is 21.3 Å². The Morgan fingerprint density at radius 2 is 2.05 bits per heavy atom. The van der Waals surface area contributed by atoms with Crippen molar-refractivity contribution < 1.29 is 9.13 Å². The first kappa shape index (κ1) is 16.7. The molecule has 0 fully saturated rings. The lowest BCUT2D eigenvalue weighted by atomic mass is 9.99. The Labute approximate surface area is 146 Å². The van der Waals surface area contributed by atoms with Gasteiger partial charge in [-0.15, -0.1) is 0 Å². The van der Waals surface area contributed by atoms with Gasteiger partial charge in [0.25, 0.3) is 0 Å². The zero-order valence-corrected chi connectivity index (χ0v) is 15.5. The Balaban J connectivity index is 2.24. The van der Waals surface area contributed by atoms with Crippen LogP contribution < -0.4 is 10.1 Å². The Morgan fingerprint density at radius 1 is 1.29 bits per heavy atom. The molecule has 0 aromatic heterocycles. The summed E-state index contributed by atoms with van der Waals surface area (Å²) in [6, 6.07) is 11.1. The summed E-state index contributed by atoms with van der Waals surface area (Å²) >= 11 is 5.68. The highest BCUT2D eigenvalue weighted by Gasteiger charge is 2.14. The van der Waals surface area contributed by atoms with Crippen LogP contribution in [0.15, 0.2) is 40.9 Å². The lowest BCUT2D eigenvalue weighted by Gasteiger charge is -2.19. The van der Waals surface area contributed by atoms with E-state index in [1.807, 2.05) is 25.2 Å². The fourth-order valence-corrected chi connectivity index (χ4v) is 3.67. The predicted molar refractivity (Wildman–Crippen MR) is 95.3 cm³/mol. The summed E-state index contributed by atoms with van der Waals surface area (Å²) in [5.74, 6) is 0.612. The summed E-state index contributed by atoms with van der Waals surface area (Å²) in [4.78, 5) is 0. The van der Waals surface area contributed by atoms with Gasteiger partial charge in [0.15, 0.2) is 0 Å². The zero-order chi connectivity index (χ0) is 15.4. The number of ether oxygens (including phenoxy) is 1. The van der Waals surface area contributed by atoms with Crippen molar-refractivity contribution in [3.63, 3.8) is 0 Å². The Kier molecular flexibility index (Phi) is 6.01. The van der Waals surface area contributed by atoms with Crippen LogP contribution in [0.5, 0.6) is 5.75 Å². The number of methoxy groups -OCH3 is 1. The molecule has 1 unspecified atom stereocenters. The molecule has 0 spiro atoms. The van der Waals surface area contributed by atoms with E-state index < -0.39 is 0 Å². The second-order valence-electron chi connectivity index (χ2n) is 4.68. The average Bonchev–Trinajstić information content (AvgIpc) is 2.45. The van der Waals surface area contributed by atoms with Gasteiger partial charge in [0, 0.05) is 9.61 Å². The van der Waals surface area contributed by atoms with Gasteiger partial charge in [-0.3, -0.25) is 0 Å². The van der Waals surface area contributed by atoms with Crippen molar-refractivity contribution >= 4 is 38.5 Å². The van der Waals surface area contributed by atoms with Crippen LogP contribution in [-0.4, -0.2) is 14.2 Å². The van der Waals surface area contributed by atoms with Crippen LogP contribution in [-0.2, 0) is 6.42 Å². The van der Waals surface area contributed by atoms with Crippen molar-refractivity contribution in [2.45, 2.75) is 12.5 Å². The highest BCUT2D eigenvalue weighted by Crippen LogP contribution is 2.29. The molecule has 2 nitrogen and oxygen atoms in total. The van der Waals surface area contributed by atoms with Gasteiger partial charge in [-0.25, -0.2) is 4.39 Å². The molecule has 0 aliphatic heterocycles. The second kappa shape index (κ2) is 7.56.